The summed E-state index contributed by atoms with van der Waals surface area (Å²) in [6, 6.07) is -0.540. The fraction of sp³-hybridized carbons (Fsp3) is 0.867. The first-order valence-corrected chi connectivity index (χ1v) is 7.85. The van der Waals surface area contributed by atoms with Crippen molar-refractivity contribution >= 4 is 12.0 Å². The van der Waals surface area contributed by atoms with Gasteiger partial charge in [-0.05, 0) is 45.7 Å². The first kappa shape index (κ1) is 16.1. The van der Waals surface area contributed by atoms with Crippen LogP contribution >= 0.6 is 0 Å². The van der Waals surface area contributed by atoms with Gasteiger partial charge >= 0.3 is 12.0 Å². The zero-order chi connectivity index (χ0) is 15.6. The third-order valence-corrected chi connectivity index (χ3v) is 4.59. The number of likely N-dealkylation sites (tertiary alicyclic amines) is 2. The first-order chi connectivity index (χ1) is 9.90. The molecule has 2 amide bonds. The minimum Gasteiger partial charge on any atom is -0.480 e. The Kier molecular flexibility index (Phi) is 5.08. The highest BCUT2D eigenvalue weighted by atomic mass is 16.4. The SMILES string of the molecule is CC1CCN(C(=O)N2CCCC2CN(C)C)C(C(=O)O)C1. The van der Waals surface area contributed by atoms with E-state index in [1.807, 2.05) is 19.0 Å². The normalized spacial score (nSPS) is 30.0. The molecule has 0 radical (unpaired) electrons. The third kappa shape index (κ3) is 3.67. The monoisotopic (exact) mass is 297 g/mol. The number of amides is 2. The largest absolute Gasteiger partial charge is 0.480 e. The predicted molar refractivity (Wildman–Crippen MR) is 80.2 cm³/mol. The van der Waals surface area contributed by atoms with E-state index in [9.17, 15) is 14.7 Å². The average Bonchev–Trinajstić information content (AvgIpc) is 2.85. The van der Waals surface area contributed by atoms with Crippen molar-refractivity contribution in [1.82, 2.24) is 14.7 Å². The van der Waals surface area contributed by atoms with Gasteiger partial charge in [-0.3, -0.25) is 0 Å². The maximum Gasteiger partial charge on any atom is 0.326 e. The zero-order valence-corrected chi connectivity index (χ0v) is 13.3. The molecule has 0 saturated carbocycles. The standard InChI is InChI=1S/C15H27N3O3/c1-11-6-8-18(13(9-11)14(19)20)15(21)17-7-4-5-12(17)10-16(2)3/h11-13H,4-10H2,1-3H3,(H,19,20). The summed E-state index contributed by atoms with van der Waals surface area (Å²) in [5, 5.41) is 9.41. The number of urea groups is 1. The van der Waals surface area contributed by atoms with Crippen LogP contribution in [-0.2, 0) is 4.79 Å². The van der Waals surface area contributed by atoms with Crippen molar-refractivity contribution in [2.45, 2.75) is 44.7 Å². The van der Waals surface area contributed by atoms with E-state index in [4.69, 9.17) is 0 Å². The maximum absolute atomic E-state index is 12.8. The molecule has 6 nitrogen and oxygen atoms in total. The summed E-state index contributed by atoms with van der Waals surface area (Å²) in [5.41, 5.74) is 0. The van der Waals surface area contributed by atoms with E-state index in [-0.39, 0.29) is 12.1 Å². The second-order valence-corrected chi connectivity index (χ2v) is 6.71. The van der Waals surface area contributed by atoms with Crippen LogP contribution in [0.25, 0.3) is 0 Å². The van der Waals surface area contributed by atoms with E-state index < -0.39 is 12.0 Å². The van der Waals surface area contributed by atoms with E-state index in [0.717, 1.165) is 32.4 Å². The number of aliphatic carboxylic acids is 1. The van der Waals surface area contributed by atoms with E-state index in [1.165, 1.54) is 0 Å². The molecule has 0 aromatic heterocycles. The van der Waals surface area contributed by atoms with Crippen LogP contribution in [0.1, 0.15) is 32.6 Å². The Morgan fingerprint density at radius 3 is 2.52 bits per heavy atom. The summed E-state index contributed by atoms with van der Waals surface area (Å²) in [4.78, 5) is 29.8. The number of carbonyl (C=O) groups excluding carboxylic acids is 1. The lowest BCUT2D eigenvalue weighted by molar-refractivity contribution is -0.144. The van der Waals surface area contributed by atoms with Gasteiger partial charge in [-0.1, -0.05) is 6.92 Å². The average molecular weight is 297 g/mol. The topological polar surface area (TPSA) is 64.1 Å². The molecule has 1 N–H and O–H groups in total. The summed E-state index contributed by atoms with van der Waals surface area (Å²) in [6.45, 7) is 4.20. The molecule has 21 heavy (non-hydrogen) atoms. The number of piperidine rings is 1. The highest BCUT2D eigenvalue weighted by Gasteiger charge is 2.39. The zero-order valence-electron chi connectivity index (χ0n) is 13.3. The van der Waals surface area contributed by atoms with Crippen molar-refractivity contribution in [3.63, 3.8) is 0 Å². The molecule has 2 aliphatic rings. The second kappa shape index (κ2) is 6.64. The number of likely N-dealkylation sites (N-methyl/N-ethyl adjacent to an activating group) is 1. The molecule has 120 valence electrons. The molecule has 0 aromatic rings. The van der Waals surface area contributed by atoms with Crippen molar-refractivity contribution in [3.8, 4) is 0 Å². The van der Waals surface area contributed by atoms with Gasteiger partial charge in [0.1, 0.15) is 6.04 Å². The Balaban J connectivity index is 2.08. The van der Waals surface area contributed by atoms with Gasteiger partial charge in [0, 0.05) is 25.7 Å². The molecule has 2 heterocycles. The smallest absolute Gasteiger partial charge is 0.326 e. The van der Waals surface area contributed by atoms with Crippen LogP contribution < -0.4 is 0 Å². The van der Waals surface area contributed by atoms with Crippen LogP contribution in [0, 0.1) is 5.92 Å². The molecule has 0 aromatic carbocycles. The van der Waals surface area contributed by atoms with Crippen molar-refractivity contribution in [2.75, 3.05) is 33.7 Å². The van der Waals surface area contributed by atoms with E-state index >= 15 is 0 Å². The molecular formula is C15H27N3O3. The van der Waals surface area contributed by atoms with Gasteiger partial charge in [0.05, 0.1) is 0 Å². The van der Waals surface area contributed by atoms with Gasteiger partial charge in [-0.15, -0.1) is 0 Å². The molecule has 2 aliphatic heterocycles. The second-order valence-electron chi connectivity index (χ2n) is 6.71. The third-order valence-electron chi connectivity index (χ3n) is 4.59. The van der Waals surface area contributed by atoms with Crippen molar-refractivity contribution in [1.29, 1.82) is 0 Å². The summed E-state index contributed by atoms with van der Waals surface area (Å²) in [6.07, 6.45) is 3.47. The van der Waals surface area contributed by atoms with Crippen LogP contribution in [0.2, 0.25) is 0 Å². The highest BCUT2D eigenvalue weighted by molar-refractivity contribution is 5.83. The molecule has 6 heteroatoms. The van der Waals surface area contributed by atoms with E-state index in [1.54, 1.807) is 4.90 Å². The van der Waals surface area contributed by atoms with E-state index in [2.05, 4.69) is 11.8 Å². The Hall–Kier alpha value is -1.30. The minimum absolute atomic E-state index is 0.0846. The quantitative estimate of drug-likeness (QED) is 0.853. The molecule has 3 atom stereocenters. The number of carboxylic acid groups (broad SMARTS) is 1. The van der Waals surface area contributed by atoms with Crippen LogP contribution in [0.5, 0.6) is 0 Å². The Morgan fingerprint density at radius 1 is 1.19 bits per heavy atom. The fourth-order valence-electron chi connectivity index (χ4n) is 3.47. The molecule has 0 aliphatic carbocycles. The van der Waals surface area contributed by atoms with Crippen molar-refractivity contribution in [3.05, 3.63) is 0 Å². The van der Waals surface area contributed by atoms with Gasteiger partial charge in [-0.2, -0.15) is 0 Å². The summed E-state index contributed by atoms with van der Waals surface area (Å²) in [7, 11) is 4.01. The number of hydrogen-bond acceptors (Lipinski definition) is 3. The molecule has 2 rings (SSSR count). The van der Waals surface area contributed by atoms with Crippen LogP contribution in [0.4, 0.5) is 4.79 Å². The molecule has 0 bridgehead atoms. The van der Waals surface area contributed by atoms with E-state index in [0.29, 0.717) is 18.9 Å². The van der Waals surface area contributed by atoms with Crippen molar-refractivity contribution < 1.29 is 14.7 Å². The Morgan fingerprint density at radius 2 is 1.90 bits per heavy atom. The molecule has 0 spiro atoms. The van der Waals surface area contributed by atoms with Gasteiger partial charge < -0.3 is 19.8 Å². The molecule has 2 fully saturated rings. The number of nitrogens with zero attached hydrogens (tertiary/aromatic N) is 3. The number of carboxylic acids is 1. The first-order valence-electron chi connectivity index (χ1n) is 7.85. The summed E-state index contributed by atoms with van der Waals surface area (Å²) < 4.78 is 0. The lowest BCUT2D eigenvalue weighted by Crippen LogP contribution is -2.56. The fourth-order valence-corrected chi connectivity index (χ4v) is 3.47. The highest BCUT2D eigenvalue weighted by Crippen LogP contribution is 2.27. The minimum atomic E-state index is -0.877. The maximum atomic E-state index is 12.8. The van der Waals surface area contributed by atoms with Crippen LogP contribution in [0.15, 0.2) is 0 Å². The van der Waals surface area contributed by atoms with Crippen LogP contribution in [0.3, 0.4) is 0 Å². The van der Waals surface area contributed by atoms with Gasteiger partial charge in [0.25, 0.3) is 0 Å². The number of rotatable bonds is 3. The predicted octanol–water partition coefficient (Wildman–Crippen LogP) is 1.32. The summed E-state index contributed by atoms with van der Waals surface area (Å²) >= 11 is 0. The van der Waals surface area contributed by atoms with Crippen molar-refractivity contribution in [2.24, 2.45) is 5.92 Å². The number of hydrogen-bond donors (Lipinski definition) is 1. The van der Waals surface area contributed by atoms with Gasteiger partial charge in [0.15, 0.2) is 0 Å². The lowest BCUT2D eigenvalue weighted by atomic mass is 9.92. The molecular weight excluding hydrogens is 270 g/mol. The lowest BCUT2D eigenvalue weighted by Gasteiger charge is -2.40. The molecule has 3 unspecified atom stereocenters. The molecule has 2 saturated heterocycles. The van der Waals surface area contributed by atoms with Gasteiger partial charge in [-0.25, -0.2) is 9.59 Å². The Bertz CT molecular complexity index is 400. The summed E-state index contributed by atoms with van der Waals surface area (Å²) in [5.74, 6) is -0.510. The Labute approximate surface area is 126 Å². The van der Waals surface area contributed by atoms with Crippen LogP contribution in [-0.4, -0.2) is 77.6 Å². The van der Waals surface area contributed by atoms with Gasteiger partial charge in [0.2, 0.25) is 0 Å². The number of carbonyl (C=O) groups is 2.